The maximum Gasteiger partial charge on any atom is 0.417 e. The van der Waals surface area contributed by atoms with Gasteiger partial charge < -0.3 is 9.84 Å². The molecule has 0 saturated carbocycles. The lowest BCUT2D eigenvalue weighted by atomic mass is 10.1. The van der Waals surface area contributed by atoms with E-state index in [-0.39, 0.29) is 16.8 Å². The number of pyridine rings is 1. The average Bonchev–Trinajstić information content (AvgIpc) is 2.97. The van der Waals surface area contributed by atoms with Gasteiger partial charge in [0.2, 0.25) is 5.52 Å². The molecule has 0 radical (unpaired) electrons. The molecule has 0 atom stereocenters. The Hall–Kier alpha value is -2.80. The van der Waals surface area contributed by atoms with Gasteiger partial charge in [0.1, 0.15) is 5.75 Å². The summed E-state index contributed by atoms with van der Waals surface area (Å²) in [6.07, 6.45) is -4.51. The number of ether oxygens (including phenoxy) is 1. The maximum atomic E-state index is 13.6. The summed E-state index contributed by atoms with van der Waals surface area (Å²) in [6.45, 7) is 0. The third-order valence-electron chi connectivity index (χ3n) is 4.19. The van der Waals surface area contributed by atoms with E-state index in [4.69, 9.17) is 4.74 Å². The van der Waals surface area contributed by atoms with E-state index in [0.29, 0.717) is 15.5 Å². The van der Waals surface area contributed by atoms with E-state index < -0.39 is 11.7 Å². The van der Waals surface area contributed by atoms with Crippen molar-refractivity contribution in [2.75, 3.05) is 7.11 Å². The summed E-state index contributed by atoms with van der Waals surface area (Å²) < 4.78 is 47.3. The molecule has 0 bridgehead atoms. The van der Waals surface area contributed by atoms with Crippen LogP contribution in [0.3, 0.4) is 0 Å². The van der Waals surface area contributed by atoms with Crippen LogP contribution in [0.4, 0.5) is 13.2 Å². The van der Waals surface area contributed by atoms with Crippen LogP contribution in [-0.4, -0.2) is 12.2 Å². The maximum absolute atomic E-state index is 13.6. The Morgan fingerprint density at radius 2 is 1.77 bits per heavy atom. The molecule has 0 aliphatic carbocycles. The summed E-state index contributed by atoms with van der Waals surface area (Å²) >= 11 is 1.11. The summed E-state index contributed by atoms with van der Waals surface area (Å²) in [7, 11) is 1.44. The number of hydrogen-bond acceptors (Lipinski definition) is 3. The van der Waals surface area contributed by atoms with Gasteiger partial charge in [-0.15, -0.1) is 4.40 Å². The van der Waals surface area contributed by atoms with Crippen molar-refractivity contribution < 1.29 is 27.4 Å². The number of nitrogens with zero attached hydrogens (tertiary/aromatic N) is 1. The van der Waals surface area contributed by atoms with Crippen LogP contribution in [0.2, 0.25) is 0 Å². The van der Waals surface area contributed by atoms with Crippen LogP contribution in [0.1, 0.15) is 5.56 Å². The van der Waals surface area contributed by atoms with Crippen molar-refractivity contribution in [3.8, 4) is 22.1 Å². The van der Waals surface area contributed by atoms with Gasteiger partial charge in [-0.2, -0.15) is 13.2 Å². The van der Waals surface area contributed by atoms with Crippen LogP contribution in [0.15, 0.2) is 54.6 Å². The molecule has 2 aromatic heterocycles. The minimum Gasteiger partial charge on any atom is -0.497 e. The minimum atomic E-state index is -4.51. The first kappa shape index (κ1) is 16.7. The van der Waals surface area contributed by atoms with Gasteiger partial charge in [0, 0.05) is 11.6 Å². The SMILES string of the molecule is COc1ccc2c(C(F)(F)F)cc3sc(-c4ccccc4)c(O)[n+]3c2c1. The molecule has 4 aromatic rings. The van der Waals surface area contributed by atoms with Crippen molar-refractivity contribution in [3.05, 3.63) is 60.2 Å². The molecule has 26 heavy (non-hydrogen) atoms. The molecule has 0 aliphatic rings. The van der Waals surface area contributed by atoms with Crippen LogP contribution >= 0.6 is 11.3 Å². The molecular weight excluding hydrogens is 363 g/mol. The fraction of sp³-hybridized carbons (Fsp3) is 0.105. The lowest BCUT2D eigenvalue weighted by molar-refractivity contribution is -0.488. The van der Waals surface area contributed by atoms with E-state index >= 15 is 0 Å². The third-order valence-corrected chi connectivity index (χ3v) is 5.32. The van der Waals surface area contributed by atoms with Gasteiger partial charge in [-0.3, -0.25) is 0 Å². The van der Waals surface area contributed by atoms with Crippen molar-refractivity contribution in [3.63, 3.8) is 0 Å². The van der Waals surface area contributed by atoms with Gasteiger partial charge >= 0.3 is 12.1 Å². The second-order valence-electron chi connectivity index (χ2n) is 5.73. The standard InChI is InChI=1S/C19H12F3NO2S/c1-25-12-7-8-13-14(19(20,21)22)10-16-23(15(13)9-12)18(24)17(26-16)11-5-3-2-4-6-11/h2-10H,1H3/p+1. The monoisotopic (exact) mass is 376 g/mol. The first-order valence-corrected chi connectivity index (χ1v) is 8.52. The summed E-state index contributed by atoms with van der Waals surface area (Å²) in [5.41, 5.74) is 0.240. The molecule has 132 valence electrons. The molecule has 3 nitrogen and oxygen atoms in total. The van der Waals surface area contributed by atoms with Crippen molar-refractivity contribution in [2.45, 2.75) is 6.18 Å². The van der Waals surface area contributed by atoms with Gasteiger partial charge in [0.15, 0.2) is 4.88 Å². The highest BCUT2D eigenvalue weighted by Gasteiger charge is 2.37. The van der Waals surface area contributed by atoms with Gasteiger partial charge in [-0.05, 0) is 12.1 Å². The van der Waals surface area contributed by atoms with Gasteiger partial charge in [0.25, 0.3) is 4.83 Å². The zero-order valence-electron chi connectivity index (χ0n) is 13.5. The topological polar surface area (TPSA) is 33.6 Å². The second kappa shape index (κ2) is 5.88. The summed E-state index contributed by atoms with van der Waals surface area (Å²) in [5.74, 6) is 0.320. The first-order chi connectivity index (χ1) is 12.4. The highest BCUT2D eigenvalue weighted by molar-refractivity contribution is 7.20. The van der Waals surface area contributed by atoms with Crippen LogP contribution in [0.25, 0.3) is 26.2 Å². The van der Waals surface area contributed by atoms with Crippen LogP contribution in [-0.2, 0) is 6.18 Å². The number of alkyl halides is 3. The Balaban J connectivity index is 2.14. The Morgan fingerprint density at radius 1 is 1.04 bits per heavy atom. The van der Waals surface area contributed by atoms with Crippen LogP contribution in [0.5, 0.6) is 11.6 Å². The highest BCUT2D eigenvalue weighted by atomic mass is 32.1. The van der Waals surface area contributed by atoms with Crippen molar-refractivity contribution in [1.82, 2.24) is 0 Å². The smallest absolute Gasteiger partial charge is 0.417 e. The zero-order chi connectivity index (χ0) is 18.5. The van der Waals surface area contributed by atoms with E-state index in [9.17, 15) is 18.3 Å². The third kappa shape index (κ3) is 2.55. The lowest BCUT2D eigenvalue weighted by Crippen LogP contribution is -2.22. The normalized spacial score (nSPS) is 12.0. The molecule has 0 fully saturated rings. The summed E-state index contributed by atoms with van der Waals surface area (Å²) in [5, 5.41) is 10.8. The second-order valence-corrected chi connectivity index (χ2v) is 6.76. The van der Waals surface area contributed by atoms with E-state index in [1.165, 1.54) is 29.7 Å². The zero-order valence-corrected chi connectivity index (χ0v) is 14.4. The van der Waals surface area contributed by atoms with Crippen LogP contribution in [0, 0.1) is 0 Å². The summed E-state index contributed by atoms with van der Waals surface area (Å²) in [4.78, 5) is 0.809. The first-order valence-electron chi connectivity index (χ1n) is 7.71. The average molecular weight is 376 g/mol. The van der Waals surface area contributed by atoms with Gasteiger partial charge in [-0.25, -0.2) is 0 Å². The van der Waals surface area contributed by atoms with E-state index in [1.54, 1.807) is 12.1 Å². The Labute approximate surface area is 150 Å². The fourth-order valence-corrected chi connectivity index (χ4v) is 4.09. The van der Waals surface area contributed by atoms with Gasteiger partial charge in [0.05, 0.1) is 24.1 Å². The Kier molecular flexibility index (Phi) is 3.77. The van der Waals surface area contributed by atoms with E-state index in [0.717, 1.165) is 23.0 Å². The predicted octanol–water partition coefficient (Wildman–Crippen LogP) is 5.04. The molecule has 4 rings (SSSR count). The fourth-order valence-electron chi connectivity index (χ4n) is 2.99. The Bertz CT molecular complexity index is 1120. The van der Waals surface area contributed by atoms with Gasteiger partial charge in [-0.1, -0.05) is 41.7 Å². The molecule has 0 saturated heterocycles. The molecule has 1 N–H and O–H groups in total. The quantitative estimate of drug-likeness (QED) is 0.497. The number of methoxy groups -OCH3 is 1. The molecule has 2 aromatic carbocycles. The summed E-state index contributed by atoms with van der Waals surface area (Å²) in [6, 6.07) is 14.5. The lowest BCUT2D eigenvalue weighted by Gasteiger charge is -2.09. The van der Waals surface area contributed by atoms with Crippen molar-refractivity contribution in [1.29, 1.82) is 0 Å². The number of hydrogen-bond donors (Lipinski definition) is 1. The number of fused-ring (bicyclic) bond motifs is 3. The molecular formula is C19H13F3NO2S+. The van der Waals surface area contributed by atoms with Crippen LogP contribution < -0.4 is 9.14 Å². The number of rotatable bonds is 2. The van der Waals surface area contributed by atoms with E-state index in [1.807, 2.05) is 18.2 Å². The number of aromatic hydroxyl groups is 1. The molecule has 0 unspecified atom stereocenters. The minimum absolute atomic E-state index is 0.00325. The predicted molar refractivity (Wildman–Crippen MR) is 93.6 cm³/mol. The largest absolute Gasteiger partial charge is 0.497 e. The molecule has 2 heterocycles. The molecule has 0 spiro atoms. The molecule has 0 aliphatic heterocycles. The number of halogens is 3. The number of thiazole rings is 1. The van der Waals surface area contributed by atoms with Crippen molar-refractivity contribution >= 4 is 27.1 Å². The highest BCUT2D eigenvalue weighted by Crippen LogP contribution is 2.40. The van der Waals surface area contributed by atoms with E-state index in [2.05, 4.69) is 0 Å². The number of benzene rings is 2. The molecule has 0 amide bonds. The van der Waals surface area contributed by atoms with Crippen molar-refractivity contribution in [2.24, 2.45) is 0 Å². The molecule has 7 heteroatoms. The Morgan fingerprint density at radius 3 is 2.42 bits per heavy atom. The number of aromatic nitrogens is 1.